The van der Waals surface area contributed by atoms with Gasteiger partial charge in [-0.2, -0.15) is 0 Å². The van der Waals surface area contributed by atoms with Gasteiger partial charge in [-0.3, -0.25) is 0 Å². The molecule has 2 aromatic carbocycles. The molecule has 0 unspecified atom stereocenters. The van der Waals surface area contributed by atoms with Crippen molar-refractivity contribution in [2.45, 2.75) is 13.2 Å². The second kappa shape index (κ2) is 5.08. The van der Waals surface area contributed by atoms with E-state index in [2.05, 4.69) is 22.8 Å². The van der Waals surface area contributed by atoms with Gasteiger partial charge in [-0.25, -0.2) is 0 Å². The fraction of sp³-hybridized carbons (Fsp3) is 0.125. The number of aliphatic hydroxyl groups excluding tert-OH is 1. The summed E-state index contributed by atoms with van der Waals surface area (Å²) in [6.07, 6.45) is 2.05. The fourth-order valence-electron chi connectivity index (χ4n) is 2.43. The fourth-order valence-corrected chi connectivity index (χ4v) is 2.65. The molecule has 0 bridgehead atoms. The first kappa shape index (κ1) is 12.3. The molecule has 19 heavy (non-hydrogen) atoms. The van der Waals surface area contributed by atoms with Gasteiger partial charge in [0.05, 0.1) is 12.1 Å². The zero-order valence-electron chi connectivity index (χ0n) is 10.4. The highest BCUT2D eigenvalue weighted by Gasteiger charge is 2.06. The molecule has 0 saturated heterocycles. The van der Waals surface area contributed by atoms with E-state index >= 15 is 0 Å². The number of halogens is 1. The average Bonchev–Trinajstić information content (AvgIpc) is 2.82. The number of nitrogens with zero attached hydrogens (tertiary/aromatic N) is 1. The zero-order valence-corrected chi connectivity index (χ0v) is 11.1. The highest BCUT2D eigenvalue weighted by Crippen LogP contribution is 2.22. The summed E-state index contributed by atoms with van der Waals surface area (Å²) in [6, 6.07) is 15.9. The van der Waals surface area contributed by atoms with Crippen LogP contribution in [0.4, 0.5) is 0 Å². The molecule has 0 fully saturated rings. The van der Waals surface area contributed by atoms with Crippen LogP contribution in [-0.4, -0.2) is 9.67 Å². The van der Waals surface area contributed by atoms with E-state index in [1.165, 1.54) is 0 Å². The van der Waals surface area contributed by atoms with E-state index in [0.717, 1.165) is 33.6 Å². The lowest BCUT2D eigenvalue weighted by atomic mass is 10.1. The third-order valence-corrected chi connectivity index (χ3v) is 3.52. The summed E-state index contributed by atoms with van der Waals surface area (Å²) >= 11 is 6.01. The molecule has 0 amide bonds. The highest BCUT2D eigenvalue weighted by atomic mass is 35.5. The summed E-state index contributed by atoms with van der Waals surface area (Å²) in [5, 5.41) is 11.3. The van der Waals surface area contributed by atoms with E-state index in [0.29, 0.717) is 0 Å². The molecular weight excluding hydrogens is 258 g/mol. The third kappa shape index (κ3) is 2.37. The number of aromatic nitrogens is 1. The van der Waals surface area contributed by atoms with Crippen molar-refractivity contribution in [3.05, 3.63) is 70.9 Å². The Balaban J connectivity index is 2.06. The summed E-state index contributed by atoms with van der Waals surface area (Å²) < 4.78 is 2.15. The third-order valence-electron chi connectivity index (χ3n) is 3.28. The van der Waals surface area contributed by atoms with Crippen LogP contribution in [-0.2, 0) is 13.2 Å². The van der Waals surface area contributed by atoms with Crippen molar-refractivity contribution in [3.63, 3.8) is 0 Å². The largest absolute Gasteiger partial charge is 0.392 e. The van der Waals surface area contributed by atoms with E-state index in [1.54, 1.807) is 0 Å². The molecule has 0 atom stereocenters. The Hall–Kier alpha value is -1.77. The Morgan fingerprint density at radius 1 is 1.05 bits per heavy atom. The lowest BCUT2D eigenvalue weighted by Gasteiger charge is -2.09. The summed E-state index contributed by atoms with van der Waals surface area (Å²) in [4.78, 5) is 0. The predicted octanol–water partition coefficient (Wildman–Crippen LogP) is 3.84. The molecule has 96 valence electrons. The molecule has 1 N–H and O–H groups in total. The maximum absolute atomic E-state index is 9.45. The van der Waals surface area contributed by atoms with E-state index in [1.807, 2.05) is 36.5 Å². The summed E-state index contributed by atoms with van der Waals surface area (Å²) in [5.41, 5.74) is 3.19. The molecule has 2 nitrogen and oxygen atoms in total. The molecule has 0 radical (unpaired) electrons. The number of hydrogen-bond acceptors (Lipinski definition) is 1. The van der Waals surface area contributed by atoms with E-state index < -0.39 is 0 Å². The molecule has 3 rings (SSSR count). The average molecular weight is 272 g/mol. The first-order chi connectivity index (χ1) is 9.28. The number of fused-ring (bicyclic) bond motifs is 1. The van der Waals surface area contributed by atoms with Gasteiger partial charge < -0.3 is 9.67 Å². The smallest absolute Gasteiger partial charge is 0.0702 e. The van der Waals surface area contributed by atoms with Crippen LogP contribution in [0.2, 0.25) is 5.02 Å². The van der Waals surface area contributed by atoms with Crippen LogP contribution in [0, 0.1) is 0 Å². The first-order valence-corrected chi connectivity index (χ1v) is 6.58. The summed E-state index contributed by atoms with van der Waals surface area (Å²) in [5.74, 6) is 0. The molecule has 1 aromatic heterocycles. The topological polar surface area (TPSA) is 25.2 Å². The van der Waals surface area contributed by atoms with Crippen molar-refractivity contribution >= 4 is 22.5 Å². The molecule has 0 spiro atoms. The lowest BCUT2D eigenvalue weighted by molar-refractivity contribution is 0.283. The second-order valence-electron chi connectivity index (χ2n) is 4.59. The van der Waals surface area contributed by atoms with Crippen molar-refractivity contribution in [2.75, 3.05) is 0 Å². The number of para-hydroxylation sites is 1. The van der Waals surface area contributed by atoms with Crippen molar-refractivity contribution in [1.29, 1.82) is 0 Å². The van der Waals surface area contributed by atoms with E-state index in [-0.39, 0.29) is 6.61 Å². The van der Waals surface area contributed by atoms with Gasteiger partial charge in [0.1, 0.15) is 0 Å². The van der Waals surface area contributed by atoms with Gasteiger partial charge in [0, 0.05) is 23.3 Å². The number of aliphatic hydroxyl groups is 1. The van der Waals surface area contributed by atoms with Gasteiger partial charge in [0.25, 0.3) is 0 Å². The van der Waals surface area contributed by atoms with E-state index in [9.17, 15) is 5.11 Å². The minimum absolute atomic E-state index is 0.0525. The quantitative estimate of drug-likeness (QED) is 0.769. The van der Waals surface area contributed by atoms with Crippen molar-refractivity contribution in [3.8, 4) is 0 Å². The molecular formula is C16H14ClNO. The first-order valence-electron chi connectivity index (χ1n) is 6.20. The standard InChI is InChI=1S/C16H14ClNO/c17-15-6-1-3-12(9-15)10-18-8-7-13-4-2-5-14(11-19)16(13)18/h1-9,19H,10-11H2. The van der Waals surface area contributed by atoms with Crippen LogP contribution in [0.1, 0.15) is 11.1 Å². The Kier molecular flexibility index (Phi) is 3.28. The maximum atomic E-state index is 9.45. The maximum Gasteiger partial charge on any atom is 0.0702 e. The van der Waals surface area contributed by atoms with Gasteiger partial charge in [0.2, 0.25) is 0 Å². The Bertz CT molecular complexity index is 718. The Morgan fingerprint density at radius 3 is 2.68 bits per heavy atom. The molecule has 0 saturated carbocycles. The lowest BCUT2D eigenvalue weighted by Crippen LogP contribution is -2.00. The van der Waals surface area contributed by atoms with Gasteiger partial charge >= 0.3 is 0 Å². The van der Waals surface area contributed by atoms with Crippen LogP contribution in [0.25, 0.3) is 10.9 Å². The SMILES string of the molecule is OCc1cccc2ccn(Cc3cccc(Cl)c3)c12. The number of benzene rings is 2. The minimum atomic E-state index is 0.0525. The zero-order chi connectivity index (χ0) is 13.2. The van der Waals surface area contributed by atoms with Gasteiger partial charge in [0.15, 0.2) is 0 Å². The second-order valence-corrected chi connectivity index (χ2v) is 5.02. The van der Waals surface area contributed by atoms with Crippen molar-refractivity contribution < 1.29 is 5.11 Å². The number of rotatable bonds is 3. The predicted molar refractivity (Wildman–Crippen MR) is 78.4 cm³/mol. The highest BCUT2D eigenvalue weighted by molar-refractivity contribution is 6.30. The van der Waals surface area contributed by atoms with Gasteiger partial charge in [-0.1, -0.05) is 41.9 Å². The Labute approximate surface area is 116 Å². The molecule has 3 heteroatoms. The molecule has 1 heterocycles. The molecule has 0 aliphatic carbocycles. The van der Waals surface area contributed by atoms with Crippen molar-refractivity contribution in [1.82, 2.24) is 4.57 Å². The van der Waals surface area contributed by atoms with Crippen LogP contribution < -0.4 is 0 Å². The Morgan fingerprint density at radius 2 is 1.89 bits per heavy atom. The normalized spacial score (nSPS) is 11.1. The molecule has 3 aromatic rings. The molecule has 0 aliphatic heterocycles. The van der Waals surface area contributed by atoms with Crippen LogP contribution in [0.5, 0.6) is 0 Å². The number of hydrogen-bond donors (Lipinski definition) is 1. The summed E-state index contributed by atoms with van der Waals surface area (Å²) in [6.45, 7) is 0.804. The minimum Gasteiger partial charge on any atom is -0.392 e. The van der Waals surface area contributed by atoms with Gasteiger partial charge in [-0.15, -0.1) is 0 Å². The van der Waals surface area contributed by atoms with Crippen LogP contribution in [0.3, 0.4) is 0 Å². The van der Waals surface area contributed by atoms with Crippen molar-refractivity contribution in [2.24, 2.45) is 0 Å². The van der Waals surface area contributed by atoms with E-state index in [4.69, 9.17) is 11.6 Å². The monoisotopic (exact) mass is 271 g/mol. The summed E-state index contributed by atoms with van der Waals surface area (Å²) in [7, 11) is 0. The molecule has 0 aliphatic rings. The van der Waals surface area contributed by atoms with Crippen LogP contribution >= 0.6 is 11.6 Å². The van der Waals surface area contributed by atoms with Crippen LogP contribution in [0.15, 0.2) is 54.7 Å². The van der Waals surface area contributed by atoms with Gasteiger partial charge in [-0.05, 0) is 29.1 Å².